The van der Waals surface area contributed by atoms with Gasteiger partial charge in [-0.05, 0) is 24.6 Å². The van der Waals surface area contributed by atoms with Crippen LogP contribution in [0, 0.1) is 6.92 Å². The summed E-state index contributed by atoms with van der Waals surface area (Å²) in [4.78, 5) is 14.8. The quantitative estimate of drug-likeness (QED) is 0.830. The van der Waals surface area contributed by atoms with E-state index in [2.05, 4.69) is 4.98 Å². The first kappa shape index (κ1) is 10.9. The van der Waals surface area contributed by atoms with E-state index in [0.29, 0.717) is 16.2 Å². The van der Waals surface area contributed by atoms with Gasteiger partial charge in [0.1, 0.15) is 11.9 Å². The highest BCUT2D eigenvalue weighted by Gasteiger charge is 2.16. The summed E-state index contributed by atoms with van der Waals surface area (Å²) in [5.41, 5.74) is 6.68. The molecule has 0 spiro atoms. The molecule has 2 aromatic heterocycles. The first-order valence-corrected chi connectivity index (χ1v) is 5.01. The lowest BCUT2D eigenvalue weighted by Gasteiger charge is -2.07. The molecule has 0 aliphatic carbocycles. The van der Waals surface area contributed by atoms with Crippen molar-refractivity contribution < 1.29 is 9.90 Å². The van der Waals surface area contributed by atoms with Crippen LogP contribution in [-0.4, -0.2) is 20.5 Å². The highest BCUT2D eigenvalue weighted by molar-refractivity contribution is 6.32. The van der Waals surface area contributed by atoms with Crippen molar-refractivity contribution in [2.24, 2.45) is 5.73 Å². The van der Waals surface area contributed by atoms with E-state index in [1.165, 1.54) is 0 Å². The van der Waals surface area contributed by atoms with Crippen molar-refractivity contribution in [1.82, 2.24) is 9.38 Å². The predicted molar refractivity (Wildman–Crippen MR) is 59.5 cm³/mol. The fraction of sp³-hybridized carbons (Fsp3) is 0.200. The molecule has 2 heterocycles. The molecule has 0 aromatic carbocycles. The van der Waals surface area contributed by atoms with Crippen LogP contribution in [0.3, 0.4) is 0 Å². The first-order chi connectivity index (χ1) is 7.50. The number of carboxylic acids is 1. The number of nitrogens with two attached hydrogens (primary N) is 1. The summed E-state index contributed by atoms with van der Waals surface area (Å²) in [6.45, 7) is 1.82. The van der Waals surface area contributed by atoms with Crippen LogP contribution in [0.25, 0.3) is 5.52 Å². The smallest absolute Gasteiger partial charge is 0.325 e. The molecular weight excluding hydrogens is 230 g/mol. The van der Waals surface area contributed by atoms with E-state index < -0.39 is 12.0 Å². The summed E-state index contributed by atoms with van der Waals surface area (Å²) >= 11 is 5.91. The fourth-order valence-corrected chi connectivity index (χ4v) is 1.81. The standard InChI is InChI=1S/C10H10ClN3O2/c1-5-13-9(11)7-4-6(2-3-14(5)7)8(12)10(15)16/h2-4,8H,12H2,1H3,(H,15,16). The number of pyridine rings is 1. The molecule has 2 rings (SSSR count). The Hall–Kier alpha value is -1.59. The monoisotopic (exact) mass is 239 g/mol. The fourth-order valence-electron chi connectivity index (χ4n) is 1.55. The minimum Gasteiger partial charge on any atom is -0.480 e. The summed E-state index contributed by atoms with van der Waals surface area (Å²) in [5, 5.41) is 9.15. The number of aromatic nitrogens is 2. The lowest BCUT2D eigenvalue weighted by molar-refractivity contribution is -0.138. The normalized spacial score (nSPS) is 12.9. The molecule has 1 atom stereocenters. The molecule has 1 unspecified atom stereocenters. The molecular formula is C10H10ClN3O2. The van der Waals surface area contributed by atoms with Gasteiger partial charge in [-0.15, -0.1) is 0 Å². The molecule has 0 aliphatic heterocycles. The molecule has 0 saturated heterocycles. The number of hydrogen-bond acceptors (Lipinski definition) is 3. The highest BCUT2D eigenvalue weighted by Crippen LogP contribution is 2.21. The van der Waals surface area contributed by atoms with Crippen molar-refractivity contribution in [3.05, 3.63) is 34.9 Å². The number of carboxylic acid groups (broad SMARTS) is 1. The molecule has 0 saturated carbocycles. The van der Waals surface area contributed by atoms with Crippen LogP contribution in [0.2, 0.25) is 5.15 Å². The van der Waals surface area contributed by atoms with Crippen molar-refractivity contribution >= 4 is 23.1 Å². The zero-order valence-corrected chi connectivity index (χ0v) is 9.27. The third kappa shape index (κ3) is 1.64. The Labute approximate surface area is 96.5 Å². The van der Waals surface area contributed by atoms with Crippen LogP contribution in [0.15, 0.2) is 18.3 Å². The molecule has 0 bridgehead atoms. The lowest BCUT2D eigenvalue weighted by Crippen LogP contribution is -2.20. The molecule has 0 amide bonds. The number of aryl methyl sites for hydroxylation is 1. The van der Waals surface area contributed by atoms with Crippen LogP contribution in [0.4, 0.5) is 0 Å². The minimum atomic E-state index is -1.07. The Balaban J connectivity index is 2.60. The Morgan fingerprint density at radius 1 is 1.69 bits per heavy atom. The summed E-state index contributed by atoms with van der Waals surface area (Å²) < 4.78 is 1.78. The van der Waals surface area contributed by atoms with Crippen molar-refractivity contribution in [3.63, 3.8) is 0 Å². The van der Waals surface area contributed by atoms with Gasteiger partial charge in [0, 0.05) is 6.20 Å². The number of imidazole rings is 1. The summed E-state index contributed by atoms with van der Waals surface area (Å²) in [6, 6.07) is 2.24. The van der Waals surface area contributed by atoms with E-state index in [1.54, 1.807) is 22.7 Å². The Morgan fingerprint density at radius 2 is 2.38 bits per heavy atom. The number of carbonyl (C=O) groups is 1. The maximum Gasteiger partial charge on any atom is 0.325 e. The van der Waals surface area contributed by atoms with Gasteiger partial charge in [0.25, 0.3) is 0 Å². The minimum absolute atomic E-state index is 0.344. The van der Waals surface area contributed by atoms with Crippen LogP contribution >= 0.6 is 11.6 Å². The number of rotatable bonds is 2. The Morgan fingerprint density at radius 3 is 3.00 bits per heavy atom. The van der Waals surface area contributed by atoms with Crippen LogP contribution in [0.1, 0.15) is 17.4 Å². The topological polar surface area (TPSA) is 80.6 Å². The summed E-state index contributed by atoms with van der Waals surface area (Å²) in [6.07, 6.45) is 1.71. The van der Waals surface area contributed by atoms with Crippen molar-refractivity contribution in [3.8, 4) is 0 Å². The zero-order valence-electron chi connectivity index (χ0n) is 8.51. The number of nitrogens with zero attached hydrogens (tertiary/aromatic N) is 2. The molecule has 84 valence electrons. The van der Waals surface area contributed by atoms with Gasteiger partial charge in [-0.25, -0.2) is 4.98 Å². The van der Waals surface area contributed by atoms with E-state index in [4.69, 9.17) is 22.4 Å². The van der Waals surface area contributed by atoms with Crippen LogP contribution in [-0.2, 0) is 4.79 Å². The van der Waals surface area contributed by atoms with Gasteiger partial charge in [-0.1, -0.05) is 11.6 Å². The van der Waals surface area contributed by atoms with Crippen LogP contribution < -0.4 is 5.73 Å². The highest BCUT2D eigenvalue weighted by atomic mass is 35.5. The van der Waals surface area contributed by atoms with Crippen molar-refractivity contribution in [2.75, 3.05) is 0 Å². The Bertz CT molecular complexity index is 564. The molecule has 0 aliphatic rings. The number of hydrogen-bond donors (Lipinski definition) is 2. The molecule has 0 fully saturated rings. The van der Waals surface area contributed by atoms with Gasteiger partial charge in [0.2, 0.25) is 0 Å². The van der Waals surface area contributed by atoms with E-state index in [9.17, 15) is 4.79 Å². The third-order valence-electron chi connectivity index (χ3n) is 2.42. The molecule has 6 heteroatoms. The second-order valence-corrected chi connectivity index (χ2v) is 3.84. The van der Waals surface area contributed by atoms with Gasteiger partial charge in [-0.3, -0.25) is 4.79 Å². The van der Waals surface area contributed by atoms with Gasteiger partial charge < -0.3 is 15.2 Å². The molecule has 16 heavy (non-hydrogen) atoms. The molecule has 3 N–H and O–H groups in total. The van der Waals surface area contributed by atoms with Gasteiger partial charge in [0.05, 0.1) is 5.52 Å². The third-order valence-corrected chi connectivity index (χ3v) is 2.70. The van der Waals surface area contributed by atoms with E-state index in [-0.39, 0.29) is 0 Å². The number of aliphatic carboxylic acids is 1. The summed E-state index contributed by atoms with van der Waals surface area (Å²) in [7, 11) is 0. The lowest BCUT2D eigenvalue weighted by atomic mass is 10.1. The first-order valence-electron chi connectivity index (χ1n) is 4.63. The second kappa shape index (κ2) is 3.77. The number of fused-ring (bicyclic) bond motifs is 1. The summed E-state index contributed by atoms with van der Waals surface area (Å²) in [5.74, 6) is -0.327. The molecule has 0 radical (unpaired) electrons. The molecule has 5 nitrogen and oxygen atoms in total. The van der Waals surface area contributed by atoms with E-state index in [1.807, 2.05) is 6.92 Å². The van der Waals surface area contributed by atoms with Gasteiger partial charge in [-0.2, -0.15) is 0 Å². The van der Waals surface area contributed by atoms with Crippen molar-refractivity contribution in [2.45, 2.75) is 13.0 Å². The maximum atomic E-state index is 10.7. The van der Waals surface area contributed by atoms with E-state index >= 15 is 0 Å². The van der Waals surface area contributed by atoms with Crippen molar-refractivity contribution in [1.29, 1.82) is 0 Å². The average molecular weight is 240 g/mol. The maximum absolute atomic E-state index is 10.7. The van der Waals surface area contributed by atoms with Crippen LogP contribution in [0.5, 0.6) is 0 Å². The molecule has 2 aromatic rings. The number of halogens is 1. The predicted octanol–water partition coefficient (Wildman–Crippen LogP) is 1.38. The SMILES string of the molecule is Cc1nc(Cl)c2cc(C(N)C(=O)O)ccn12. The Kier molecular flexibility index (Phi) is 2.57. The zero-order chi connectivity index (χ0) is 11.9. The van der Waals surface area contributed by atoms with Gasteiger partial charge in [0.15, 0.2) is 5.15 Å². The van der Waals surface area contributed by atoms with Gasteiger partial charge >= 0.3 is 5.97 Å². The largest absolute Gasteiger partial charge is 0.480 e. The average Bonchev–Trinajstić information content (AvgIpc) is 2.53. The second-order valence-electron chi connectivity index (χ2n) is 3.48. The van der Waals surface area contributed by atoms with E-state index in [0.717, 1.165) is 5.82 Å².